The van der Waals surface area contributed by atoms with Crippen molar-refractivity contribution < 1.29 is 53.4 Å². The number of para-hydroxylation sites is 2. The van der Waals surface area contributed by atoms with Gasteiger partial charge in [-0.25, -0.2) is 0 Å². The highest BCUT2D eigenvalue weighted by atomic mass is 32.1. The van der Waals surface area contributed by atoms with Gasteiger partial charge in [0.1, 0.15) is 48.0 Å². The number of carboxylic acid groups (broad SMARTS) is 1. The Hall–Kier alpha value is -8.39. The summed E-state index contributed by atoms with van der Waals surface area (Å²) in [5.74, 6) is -7.80. The maximum absolute atomic E-state index is 14.8. The fourth-order valence-electron chi connectivity index (χ4n) is 9.08. The van der Waals surface area contributed by atoms with Gasteiger partial charge in [-0.2, -0.15) is 25.3 Å². The zero-order valence-electron chi connectivity index (χ0n) is 46.9. The average Bonchev–Trinajstić information content (AvgIpc) is 4.31. The van der Waals surface area contributed by atoms with Crippen LogP contribution in [0.5, 0.6) is 5.75 Å². The summed E-state index contributed by atoms with van der Waals surface area (Å²) in [6.45, 7) is 4.72. The number of fused-ring (bicyclic) bond motifs is 2. The number of nitrogens with one attached hydrogen (secondary N) is 9. The Morgan fingerprint density at radius 2 is 0.929 bits per heavy atom. The van der Waals surface area contributed by atoms with Gasteiger partial charge in [0.2, 0.25) is 47.3 Å². The molecule has 0 aliphatic rings. The molecule has 0 fully saturated rings. The lowest BCUT2D eigenvalue weighted by Crippen LogP contribution is -2.61. The lowest BCUT2D eigenvalue weighted by atomic mass is 10.00. The number of aromatic amines is 2. The SMILES string of the molecule is CC(=O)O.CC(C)[C@H](NC(=O)[C@H](CCCCN)NC(=O)[C@H](Cc1c[nH]c2ccccc12)NC(=O)[C@H](Cc1ccc(O)cc1)NC(=O)[C@H](CS)NC(=O)[C@H](N)Cc1ccccc1)C(=O)N[C@@H](CS)C(=O)N[C@H](Cc1c[nH]c2ccccc12)C(N)=O. The number of aromatic hydroxyl groups is 1. The second kappa shape index (κ2) is 33.0. The molecule has 0 saturated carbocycles. The molecule has 450 valence electrons. The van der Waals surface area contributed by atoms with Crippen LogP contribution in [0.3, 0.4) is 0 Å². The van der Waals surface area contributed by atoms with Gasteiger partial charge >= 0.3 is 0 Å². The third kappa shape index (κ3) is 20.2. The van der Waals surface area contributed by atoms with Gasteiger partial charge < -0.3 is 74.6 Å². The lowest BCUT2D eigenvalue weighted by molar-refractivity contribution is -0.136. The standard InChI is InChI=1S/C57H72N12O9S2.C2H4O2/c1-32(2)49(57(78)68-48(31-80)55(76)64-44(50(60)71)26-35-28-61-41-16-8-6-14-38(35)41)69-52(73)43(18-10-11-23-58)63-54(75)46(27-36-29-62-42-17-9-7-15-39(36)42)66-53(74)45(25-34-19-21-37(70)22-20-34)65-56(77)47(30-79)67-51(72)40(59)24-33-12-4-3-5-13-33;1-2(3)4/h3-9,12-17,19-22,28-29,32,40,43-49,61-62,70,79-80H,10-11,18,23-27,30-31,58-59H2,1-2H3,(H2,60,71)(H,63,75)(H,64,76)(H,65,77)(H,66,74)(H,67,72)(H,68,78)(H,69,73);1H3,(H,3,4)/t40-,43+,44-,45+,46+,47+,48+,49+;/m1./s1. The summed E-state index contributed by atoms with van der Waals surface area (Å²) < 4.78 is 0. The number of H-pyrrole nitrogens is 2. The number of hydrogen-bond acceptors (Lipinski definition) is 14. The molecule has 17 N–H and O–H groups in total. The number of aliphatic carboxylic acids is 1. The van der Waals surface area contributed by atoms with E-state index in [0.717, 1.165) is 39.9 Å². The first-order valence-electron chi connectivity index (χ1n) is 27.3. The van der Waals surface area contributed by atoms with Crippen LogP contribution in [0.25, 0.3) is 21.8 Å². The molecule has 0 saturated heterocycles. The van der Waals surface area contributed by atoms with Crippen molar-refractivity contribution in [2.24, 2.45) is 23.1 Å². The fraction of sp³-hybridized carbons (Fsp3) is 0.373. The van der Waals surface area contributed by atoms with Crippen LogP contribution < -0.4 is 54.4 Å². The maximum Gasteiger partial charge on any atom is 0.300 e. The first-order chi connectivity index (χ1) is 40.1. The Kier molecular flexibility index (Phi) is 26.1. The number of nitrogens with two attached hydrogens (primary N) is 3. The topological polar surface area (TPSA) is 388 Å². The average molecular weight is 1190 g/mol. The molecule has 2 aromatic heterocycles. The minimum absolute atomic E-state index is 0.0396. The number of thiol groups is 2. The number of phenolic OH excluding ortho intramolecular Hbond substituents is 1. The molecule has 0 unspecified atom stereocenters. The molecule has 4 aromatic carbocycles. The quantitative estimate of drug-likeness (QED) is 0.0225. The number of primary amides is 1. The Labute approximate surface area is 497 Å². The second-order valence-corrected chi connectivity index (χ2v) is 21.2. The predicted molar refractivity (Wildman–Crippen MR) is 325 cm³/mol. The Bertz CT molecular complexity index is 3190. The number of hydrogen-bond donors (Lipinski definition) is 16. The van der Waals surface area contributed by atoms with Crippen LogP contribution in [0.1, 0.15) is 62.3 Å². The number of amides is 8. The number of carboxylic acids is 1. The highest BCUT2D eigenvalue weighted by Crippen LogP contribution is 2.22. The summed E-state index contributed by atoms with van der Waals surface area (Å²) in [5, 5.41) is 38.1. The van der Waals surface area contributed by atoms with E-state index in [1.54, 1.807) is 38.4 Å². The van der Waals surface area contributed by atoms with E-state index in [9.17, 15) is 43.5 Å². The number of aromatic nitrogens is 2. The molecule has 6 aromatic rings. The molecule has 6 rings (SSSR count). The van der Waals surface area contributed by atoms with Gasteiger partial charge in [0, 0.05) is 71.9 Å². The number of carbonyl (C=O) groups is 9. The van der Waals surface area contributed by atoms with E-state index >= 15 is 0 Å². The summed E-state index contributed by atoms with van der Waals surface area (Å²) in [4.78, 5) is 127. The summed E-state index contributed by atoms with van der Waals surface area (Å²) >= 11 is 8.65. The maximum atomic E-state index is 14.8. The van der Waals surface area contributed by atoms with Crippen LogP contribution in [-0.4, -0.2) is 140 Å². The zero-order valence-corrected chi connectivity index (χ0v) is 48.7. The number of benzene rings is 4. The smallest absolute Gasteiger partial charge is 0.300 e. The largest absolute Gasteiger partial charge is 0.508 e. The van der Waals surface area contributed by atoms with Gasteiger partial charge in [0.15, 0.2) is 0 Å². The minimum Gasteiger partial charge on any atom is -0.508 e. The van der Waals surface area contributed by atoms with Crippen molar-refractivity contribution in [3.8, 4) is 5.75 Å². The lowest BCUT2D eigenvalue weighted by Gasteiger charge is -2.29. The van der Waals surface area contributed by atoms with E-state index in [2.05, 4.69) is 72.4 Å². The van der Waals surface area contributed by atoms with Gasteiger partial charge in [-0.05, 0) is 84.7 Å². The van der Waals surface area contributed by atoms with Crippen LogP contribution >= 0.6 is 25.3 Å². The molecule has 0 aliphatic carbocycles. The molecule has 23 nitrogen and oxygen atoms in total. The van der Waals surface area contributed by atoms with Crippen molar-refractivity contribution in [3.63, 3.8) is 0 Å². The van der Waals surface area contributed by atoms with E-state index in [4.69, 9.17) is 27.1 Å². The van der Waals surface area contributed by atoms with Gasteiger partial charge in [0.25, 0.3) is 5.97 Å². The van der Waals surface area contributed by atoms with E-state index in [1.807, 2.05) is 78.9 Å². The first kappa shape index (κ1) is 66.4. The fourth-order valence-corrected chi connectivity index (χ4v) is 9.59. The Balaban J connectivity index is 0.00000312. The molecular weight excluding hydrogens is 1120 g/mol. The molecule has 25 heteroatoms. The van der Waals surface area contributed by atoms with Crippen molar-refractivity contribution in [3.05, 3.63) is 138 Å². The number of rotatable bonds is 30. The van der Waals surface area contributed by atoms with Gasteiger partial charge in [-0.3, -0.25) is 43.2 Å². The van der Waals surface area contributed by atoms with E-state index in [0.29, 0.717) is 24.0 Å². The molecular formula is C59H76N12O11S2. The molecule has 0 aliphatic heterocycles. The van der Waals surface area contributed by atoms with Crippen molar-refractivity contribution in [2.75, 3.05) is 18.1 Å². The molecule has 2 heterocycles. The molecule has 8 amide bonds. The number of unbranched alkanes of at least 4 members (excludes halogenated alkanes) is 1. The Morgan fingerprint density at radius 1 is 0.512 bits per heavy atom. The molecule has 0 radical (unpaired) electrons. The van der Waals surface area contributed by atoms with E-state index in [1.165, 1.54) is 12.1 Å². The van der Waals surface area contributed by atoms with Gasteiger partial charge in [-0.15, -0.1) is 0 Å². The molecule has 0 bridgehead atoms. The minimum atomic E-state index is -1.39. The predicted octanol–water partition coefficient (Wildman–Crippen LogP) is 1.57. The third-order valence-corrected chi connectivity index (χ3v) is 14.3. The highest BCUT2D eigenvalue weighted by Gasteiger charge is 2.35. The van der Waals surface area contributed by atoms with Crippen molar-refractivity contribution >= 4 is 100 Å². The van der Waals surface area contributed by atoms with E-state index < -0.39 is 107 Å². The van der Waals surface area contributed by atoms with Crippen molar-refractivity contribution in [1.82, 2.24) is 47.2 Å². The van der Waals surface area contributed by atoms with Crippen molar-refractivity contribution in [2.45, 2.75) is 114 Å². The Morgan fingerprint density at radius 3 is 1.43 bits per heavy atom. The van der Waals surface area contributed by atoms with Crippen LogP contribution in [0.2, 0.25) is 0 Å². The second-order valence-electron chi connectivity index (χ2n) is 20.5. The number of carbonyl (C=O) groups excluding carboxylic acids is 8. The summed E-state index contributed by atoms with van der Waals surface area (Å²) in [6.07, 6.45) is 4.35. The van der Waals surface area contributed by atoms with Gasteiger partial charge in [-0.1, -0.05) is 92.7 Å². The molecule has 8 atom stereocenters. The molecule has 84 heavy (non-hydrogen) atoms. The van der Waals surface area contributed by atoms with Crippen LogP contribution in [0.4, 0.5) is 0 Å². The van der Waals surface area contributed by atoms with Crippen LogP contribution in [0.15, 0.2) is 116 Å². The van der Waals surface area contributed by atoms with Crippen LogP contribution in [0, 0.1) is 5.92 Å². The first-order valence-corrected chi connectivity index (χ1v) is 28.6. The summed E-state index contributed by atoms with van der Waals surface area (Å²) in [7, 11) is 0. The third-order valence-electron chi connectivity index (χ3n) is 13.6. The van der Waals surface area contributed by atoms with Crippen molar-refractivity contribution in [1.29, 1.82) is 0 Å². The zero-order chi connectivity index (χ0) is 61.5. The summed E-state index contributed by atoms with van der Waals surface area (Å²) in [6, 6.07) is 19.9. The highest BCUT2D eigenvalue weighted by molar-refractivity contribution is 7.80. The van der Waals surface area contributed by atoms with Crippen LogP contribution in [-0.2, 0) is 68.8 Å². The van der Waals surface area contributed by atoms with E-state index in [-0.39, 0.29) is 55.9 Å². The molecule has 0 spiro atoms. The van der Waals surface area contributed by atoms with Gasteiger partial charge in [0.05, 0.1) is 6.04 Å². The number of phenols is 1. The normalized spacial score (nSPS) is 14.0. The monoisotopic (exact) mass is 1190 g/mol. The summed E-state index contributed by atoms with van der Waals surface area (Å²) in [5.41, 5.74) is 22.1.